The lowest BCUT2D eigenvalue weighted by atomic mass is 10.2. The summed E-state index contributed by atoms with van der Waals surface area (Å²) in [6.45, 7) is 2.99. The first-order valence-electron chi connectivity index (χ1n) is 10.5. The van der Waals surface area contributed by atoms with Crippen LogP contribution < -0.4 is 10.2 Å². The zero-order valence-electron chi connectivity index (χ0n) is 18.0. The van der Waals surface area contributed by atoms with Crippen molar-refractivity contribution in [1.29, 1.82) is 0 Å². The molecule has 11 heteroatoms. The van der Waals surface area contributed by atoms with Crippen molar-refractivity contribution in [3.05, 3.63) is 49.1 Å². The van der Waals surface area contributed by atoms with Gasteiger partial charge in [-0.25, -0.2) is 24.9 Å². The monoisotopic (exact) mass is 462 g/mol. The second-order valence-electron chi connectivity index (χ2n) is 7.46. The van der Waals surface area contributed by atoms with E-state index in [0.29, 0.717) is 18.9 Å². The summed E-state index contributed by atoms with van der Waals surface area (Å²) in [5, 5.41) is 4.02. The number of methoxy groups -OCH3 is 1. The van der Waals surface area contributed by atoms with Crippen LogP contribution in [0.5, 0.6) is 0 Å². The number of pyridine rings is 2. The Labute approximate surface area is 194 Å². The highest BCUT2D eigenvalue weighted by Crippen LogP contribution is 2.29. The normalized spacial score (nSPS) is 14.0. The molecule has 1 aliphatic heterocycles. The number of carbonyl (C=O) groups excluding carboxylic acids is 1. The van der Waals surface area contributed by atoms with Crippen LogP contribution in [0, 0.1) is 0 Å². The van der Waals surface area contributed by atoms with E-state index in [0.717, 1.165) is 45.6 Å². The number of fused-ring (bicyclic) bond motifs is 1. The van der Waals surface area contributed by atoms with Crippen molar-refractivity contribution in [2.75, 3.05) is 50.1 Å². The summed E-state index contributed by atoms with van der Waals surface area (Å²) >= 11 is 1.46. The first-order chi connectivity index (χ1) is 16.2. The Morgan fingerprint density at radius 3 is 2.73 bits per heavy atom. The topological polar surface area (TPSA) is 109 Å². The van der Waals surface area contributed by atoms with Crippen LogP contribution in [0.2, 0.25) is 0 Å². The fourth-order valence-electron chi connectivity index (χ4n) is 3.68. The Balaban J connectivity index is 1.28. The Morgan fingerprint density at radius 2 is 1.94 bits per heavy atom. The molecule has 1 fully saturated rings. The van der Waals surface area contributed by atoms with Gasteiger partial charge in [-0.15, -0.1) is 0 Å². The molecule has 168 valence electrons. The van der Waals surface area contributed by atoms with E-state index in [4.69, 9.17) is 4.74 Å². The van der Waals surface area contributed by atoms with Gasteiger partial charge in [0.05, 0.1) is 11.4 Å². The van der Waals surface area contributed by atoms with E-state index in [1.165, 1.54) is 24.8 Å². The summed E-state index contributed by atoms with van der Waals surface area (Å²) in [5.41, 5.74) is 3.42. The minimum atomic E-state index is 0.0292. The third-order valence-electron chi connectivity index (χ3n) is 5.34. The number of nitrogens with zero attached hydrogens (tertiary/aromatic N) is 7. The van der Waals surface area contributed by atoms with E-state index in [1.54, 1.807) is 12.4 Å². The average molecular weight is 463 g/mol. The summed E-state index contributed by atoms with van der Waals surface area (Å²) < 4.78 is 4.96. The Hall–Kier alpha value is -3.70. The molecule has 10 nitrogen and oxygen atoms in total. The first-order valence-corrected chi connectivity index (χ1v) is 11.3. The van der Waals surface area contributed by atoms with Crippen molar-refractivity contribution < 1.29 is 9.53 Å². The van der Waals surface area contributed by atoms with Gasteiger partial charge in [-0.2, -0.15) is 0 Å². The molecule has 0 saturated carbocycles. The summed E-state index contributed by atoms with van der Waals surface area (Å²) in [6, 6.07) is 9.65. The summed E-state index contributed by atoms with van der Waals surface area (Å²) in [7, 11) is 1.54. The quantitative estimate of drug-likeness (QED) is 0.462. The number of amides is 1. The van der Waals surface area contributed by atoms with Crippen molar-refractivity contribution in [1.82, 2.24) is 29.8 Å². The molecule has 0 aliphatic carbocycles. The summed E-state index contributed by atoms with van der Waals surface area (Å²) in [6.07, 6.45) is 4.99. The highest BCUT2D eigenvalue weighted by Gasteiger charge is 2.21. The molecule has 0 spiro atoms. The van der Waals surface area contributed by atoms with Crippen LogP contribution in [0.25, 0.3) is 21.7 Å². The van der Waals surface area contributed by atoms with Crippen LogP contribution in [0.3, 0.4) is 0 Å². The third-order valence-corrected chi connectivity index (χ3v) is 6.22. The van der Waals surface area contributed by atoms with E-state index in [-0.39, 0.29) is 12.5 Å². The molecule has 0 atom stereocenters. The predicted octanol–water partition coefficient (Wildman–Crippen LogP) is 2.58. The van der Waals surface area contributed by atoms with Gasteiger partial charge in [-0.1, -0.05) is 11.3 Å². The van der Waals surface area contributed by atoms with Crippen molar-refractivity contribution in [2.24, 2.45) is 0 Å². The van der Waals surface area contributed by atoms with E-state index in [9.17, 15) is 4.79 Å². The molecule has 33 heavy (non-hydrogen) atoms. The smallest absolute Gasteiger partial charge is 0.248 e. The van der Waals surface area contributed by atoms with Crippen molar-refractivity contribution in [3.8, 4) is 11.4 Å². The van der Waals surface area contributed by atoms with Gasteiger partial charge in [-0.05, 0) is 24.3 Å². The van der Waals surface area contributed by atoms with Gasteiger partial charge in [0.15, 0.2) is 5.13 Å². The molecule has 0 unspecified atom stereocenters. The van der Waals surface area contributed by atoms with Gasteiger partial charge in [0, 0.05) is 57.4 Å². The summed E-state index contributed by atoms with van der Waals surface area (Å²) in [4.78, 5) is 38.9. The van der Waals surface area contributed by atoms with Crippen LogP contribution in [0.1, 0.15) is 0 Å². The number of carbonyl (C=O) groups is 1. The fraction of sp³-hybridized carbons (Fsp3) is 0.273. The number of piperazine rings is 1. The van der Waals surface area contributed by atoms with Crippen LogP contribution in [0.4, 0.5) is 16.6 Å². The number of thiazole rings is 1. The van der Waals surface area contributed by atoms with Gasteiger partial charge in [0.1, 0.15) is 29.1 Å². The Morgan fingerprint density at radius 1 is 1.06 bits per heavy atom. The van der Waals surface area contributed by atoms with Crippen LogP contribution in [-0.4, -0.2) is 75.6 Å². The van der Waals surface area contributed by atoms with E-state index in [1.807, 2.05) is 35.2 Å². The predicted molar refractivity (Wildman–Crippen MR) is 127 cm³/mol. The third kappa shape index (κ3) is 4.73. The zero-order valence-corrected chi connectivity index (χ0v) is 18.8. The fourth-order valence-corrected chi connectivity index (χ4v) is 4.52. The van der Waals surface area contributed by atoms with Crippen LogP contribution >= 0.6 is 11.3 Å². The van der Waals surface area contributed by atoms with Crippen LogP contribution in [-0.2, 0) is 9.53 Å². The maximum atomic E-state index is 12.0. The van der Waals surface area contributed by atoms with Gasteiger partial charge >= 0.3 is 0 Å². The lowest BCUT2D eigenvalue weighted by Gasteiger charge is -2.36. The van der Waals surface area contributed by atoms with Crippen molar-refractivity contribution in [2.45, 2.75) is 0 Å². The zero-order chi connectivity index (χ0) is 22.6. The minimum Gasteiger partial charge on any atom is -0.375 e. The van der Waals surface area contributed by atoms with E-state index in [2.05, 4.69) is 35.1 Å². The highest BCUT2D eigenvalue weighted by molar-refractivity contribution is 7.21. The molecular formula is C22H22N8O2S. The van der Waals surface area contributed by atoms with Gasteiger partial charge in [0.2, 0.25) is 5.91 Å². The molecule has 1 N–H and O–H groups in total. The second kappa shape index (κ2) is 9.43. The lowest BCUT2D eigenvalue weighted by molar-refractivity contribution is -0.135. The van der Waals surface area contributed by atoms with Crippen LogP contribution in [0.15, 0.2) is 49.1 Å². The minimum absolute atomic E-state index is 0.0292. The summed E-state index contributed by atoms with van der Waals surface area (Å²) in [5.74, 6) is 0.738. The highest BCUT2D eigenvalue weighted by atomic mass is 32.1. The first kappa shape index (κ1) is 21.2. The van der Waals surface area contributed by atoms with Gasteiger partial charge in [0.25, 0.3) is 0 Å². The SMILES string of the molecule is COCC(=O)N1CCN(c2ccnc(Nc3nc4ccc(-c5ccncn5)nc4s3)c2)CC1. The van der Waals surface area contributed by atoms with Crippen molar-refractivity contribution >= 4 is 44.2 Å². The number of hydrogen-bond donors (Lipinski definition) is 1. The van der Waals surface area contributed by atoms with E-state index >= 15 is 0 Å². The molecule has 1 amide bonds. The van der Waals surface area contributed by atoms with Crippen molar-refractivity contribution in [3.63, 3.8) is 0 Å². The molecule has 4 aromatic rings. The average Bonchev–Trinajstić information content (AvgIpc) is 3.26. The standard InChI is InChI=1S/C22H22N8O2S/c1-32-13-20(31)30-10-8-29(9-11-30)15-4-7-24-19(12-15)28-22-27-18-3-2-17(26-21(18)33-22)16-5-6-23-14-25-16/h2-7,12,14H,8-11,13H2,1H3,(H,24,27,28). The van der Waals surface area contributed by atoms with Gasteiger partial charge < -0.3 is 19.9 Å². The molecular weight excluding hydrogens is 440 g/mol. The maximum Gasteiger partial charge on any atom is 0.248 e. The number of ether oxygens (including phenoxy) is 1. The molecule has 0 bridgehead atoms. The lowest BCUT2D eigenvalue weighted by Crippen LogP contribution is -2.49. The Kier molecular flexibility index (Phi) is 6.05. The van der Waals surface area contributed by atoms with E-state index < -0.39 is 0 Å². The Bertz CT molecular complexity index is 1260. The maximum absolute atomic E-state index is 12.0. The number of anilines is 3. The molecule has 1 saturated heterocycles. The second-order valence-corrected chi connectivity index (χ2v) is 8.44. The number of aromatic nitrogens is 5. The molecule has 5 rings (SSSR count). The number of rotatable bonds is 6. The van der Waals surface area contributed by atoms with Gasteiger partial charge in [-0.3, -0.25) is 4.79 Å². The number of hydrogen-bond acceptors (Lipinski definition) is 10. The largest absolute Gasteiger partial charge is 0.375 e. The molecule has 4 aromatic heterocycles. The number of nitrogens with one attached hydrogen (secondary N) is 1. The molecule has 1 aliphatic rings. The molecule has 5 heterocycles. The molecule has 0 radical (unpaired) electrons. The molecule has 0 aromatic carbocycles.